The van der Waals surface area contributed by atoms with E-state index in [0.717, 1.165) is 49.6 Å². The standard InChI is InChI=1S/C15H27N3O/c1-4-5-6-14-16-15(19-17-14)11-18(13-7-8-13)10-9-12(2)3/h12-13H,4-11H2,1-3H3. The van der Waals surface area contributed by atoms with Crippen molar-refractivity contribution in [2.24, 2.45) is 5.92 Å². The Labute approximate surface area is 116 Å². The second kappa shape index (κ2) is 7.04. The third kappa shape index (κ3) is 4.94. The number of unbranched alkanes of at least 4 members (excludes halogenated alkanes) is 1. The van der Waals surface area contributed by atoms with Crippen molar-refractivity contribution >= 4 is 0 Å². The predicted molar refractivity (Wildman–Crippen MR) is 75.8 cm³/mol. The summed E-state index contributed by atoms with van der Waals surface area (Å²) in [6, 6.07) is 0.754. The molecule has 0 aromatic carbocycles. The van der Waals surface area contributed by atoms with E-state index in [1.54, 1.807) is 0 Å². The van der Waals surface area contributed by atoms with Gasteiger partial charge in [-0.15, -0.1) is 0 Å². The van der Waals surface area contributed by atoms with Gasteiger partial charge in [-0.25, -0.2) is 0 Å². The quantitative estimate of drug-likeness (QED) is 0.686. The number of rotatable bonds is 9. The summed E-state index contributed by atoms with van der Waals surface area (Å²) in [6.07, 6.45) is 7.15. The first-order valence-electron chi connectivity index (χ1n) is 7.74. The van der Waals surface area contributed by atoms with Crippen LogP contribution in [-0.4, -0.2) is 27.6 Å². The molecule has 1 aromatic heterocycles. The molecular formula is C15H27N3O. The van der Waals surface area contributed by atoms with Gasteiger partial charge in [0, 0.05) is 12.5 Å². The van der Waals surface area contributed by atoms with Gasteiger partial charge < -0.3 is 4.52 Å². The molecular weight excluding hydrogens is 238 g/mol. The number of aryl methyl sites for hydroxylation is 1. The van der Waals surface area contributed by atoms with Gasteiger partial charge in [0.1, 0.15) is 0 Å². The van der Waals surface area contributed by atoms with Crippen LogP contribution in [-0.2, 0) is 13.0 Å². The second-order valence-electron chi connectivity index (χ2n) is 6.09. The van der Waals surface area contributed by atoms with Gasteiger partial charge in [-0.1, -0.05) is 32.3 Å². The molecule has 4 heteroatoms. The maximum Gasteiger partial charge on any atom is 0.240 e. The molecule has 4 nitrogen and oxygen atoms in total. The Balaban J connectivity index is 1.84. The highest BCUT2D eigenvalue weighted by atomic mass is 16.5. The van der Waals surface area contributed by atoms with Crippen molar-refractivity contribution in [3.63, 3.8) is 0 Å². The molecule has 0 bridgehead atoms. The molecule has 0 aliphatic heterocycles. The summed E-state index contributed by atoms with van der Waals surface area (Å²) < 4.78 is 5.37. The summed E-state index contributed by atoms with van der Waals surface area (Å²) >= 11 is 0. The summed E-state index contributed by atoms with van der Waals surface area (Å²) in [4.78, 5) is 7.02. The van der Waals surface area contributed by atoms with Crippen LogP contribution in [0.5, 0.6) is 0 Å². The van der Waals surface area contributed by atoms with Crippen molar-refractivity contribution in [1.29, 1.82) is 0 Å². The van der Waals surface area contributed by atoms with Crippen LogP contribution in [0.25, 0.3) is 0 Å². The smallest absolute Gasteiger partial charge is 0.240 e. The van der Waals surface area contributed by atoms with Gasteiger partial charge in [-0.2, -0.15) is 4.98 Å². The van der Waals surface area contributed by atoms with E-state index in [-0.39, 0.29) is 0 Å². The molecule has 2 rings (SSSR count). The first-order valence-corrected chi connectivity index (χ1v) is 7.74. The lowest BCUT2D eigenvalue weighted by Crippen LogP contribution is -2.27. The molecule has 0 N–H and O–H groups in total. The number of hydrogen-bond acceptors (Lipinski definition) is 4. The van der Waals surface area contributed by atoms with Crippen LogP contribution in [0.15, 0.2) is 4.52 Å². The van der Waals surface area contributed by atoms with Gasteiger partial charge in [-0.05, 0) is 38.1 Å². The fourth-order valence-electron chi connectivity index (χ4n) is 2.22. The largest absolute Gasteiger partial charge is 0.338 e. The average Bonchev–Trinajstić information content (AvgIpc) is 3.13. The van der Waals surface area contributed by atoms with Crippen molar-refractivity contribution in [3.8, 4) is 0 Å². The first-order chi connectivity index (χ1) is 9.19. The van der Waals surface area contributed by atoms with Gasteiger partial charge >= 0.3 is 0 Å². The summed E-state index contributed by atoms with van der Waals surface area (Å²) in [6.45, 7) is 8.72. The molecule has 0 atom stereocenters. The lowest BCUT2D eigenvalue weighted by Gasteiger charge is -2.20. The maximum atomic E-state index is 5.37. The third-order valence-corrected chi connectivity index (χ3v) is 3.66. The van der Waals surface area contributed by atoms with Gasteiger partial charge in [0.25, 0.3) is 0 Å². The van der Waals surface area contributed by atoms with E-state index in [2.05, 4.69) is 35.8 Å². The van der Waals surface area contributed by atoms with Gasteiger partial charge in [0.05, 0.1) is 6.54 Å². The topological polar surface area (TPSA) is 42.2 Å². The van der Waals surface area contributed by atoms with Gasteiger partial charge in [0.2, 0.25) is 5.89 Å². The predicted octanol–water partition coefficient (Wildman–Crippen LogP) is 3.42. The Hall–Kier alpha value is -0.900. The Morgan fingerprint density at radius 2 is 2.16 bits per heavy atom. The minimum atomic E-state index is 0.754. The monoisotopic (exact) mass is 265 g/mol. The normalized spacial score (nSPS) is 15.6. The van der Waals surface area contributed by atoms with Crippen LogP contribution in [0, 0.1) is 5.92 Å². The Morgan fingerprint density at radius 3 is 2.79 bits per heavy atom. The zero-order valence-corrected chi connectivity index (χ0v) is 12.6. The molecule has 1 saturated carbocycles. The minimum Gasteiger partial charge on any atom is -0.338 e. The molecule has 1 fully saturated rings. The van der Waals surface area contributed by atoms with Crippen molar-refractivity contribution in [3.05, 3.63) is 11.7 Å². The van der Waals surface area contributed by atoms with E-state index in [0.29, 0.717) is 0 Å². The molecule has 1 heterocycles. The van der Waals surface area contributed by atoms with Crippen molar-refractivity contribution in [2.45, 2.75) is 71.9 Å². The molecule has 1 aliphatic rings. The lowest BCUT2D eigenvalue weighted by molar-refractivity contribution is 0.207. The SMILES string of the molecule is CCCCc1noc(CN(CCC(C)C)C2CC2)n1. The lowest BCUT2D eigenvalue weighted by atomic mass is 10.1. The molecule has 0 spiro atoms. The Morgan fingerprint density at radius 1 is 1.37 bits per heavy atom. The molecule has 1 aliphatic carbocycles. The van der Waals surface area contributed by atoms with Gasteiger partial charge in [0.15, 0.2) is 5.82 Å². The molecule has 108 valence electrons. The van der Waals surface area contributed by atoms with Crippen LogP contribution >= 0.6 is 0 Å². The van der Waals surface area contributed by atoms with E-state index in [4.69, 9.17) is 4.52 Å². The molecule has 0 saturated heterocycles. The minimum absolute atomic E-state index is 0.754. The van der Waals surface area contributed by atoms with Crippen molar-refractivity contribution in [1.82, 2.24) is 15.0 Å². The zero-order chi connectivity index (χ0) is 13.7. The van der Waals surface area contributed by atoms with Crippen molar-refractivity contribution < 1.29 is 4.52 Å². The molecule has 0 amide bonds. The number of nitrogens with zero attached hydrogens (tertiary/aromatic N) is 3. The molecule has 19 heavy (non-hydrogen) atoms. The first kappa shape index (κ1) is 14.5. The third-order valence-electron chi connectivity index (χ3n) is 3.66. The summed E-state index contributed by atoms with van der Waals surface area (Å²) in [5, 5.41) is 4.07. The Kier molecular flexibility index (Phi) is 5.37. The summed E-state index contributed by atoms with van der Waals surface area (Å²) in [5.41, 5.74) is 0. The summed E-state index contributed by atoms with van der Waals surface area (Å²) in [5.74, 6) is 2.42. The highest BCUT2D eigenvalue weighted by molar-refractivity contribution is 4.91. The van der Waals surface area contributed by atoms with Crippen LogP contribution < -0.4 is 0 Å². The molecule has 0 radical (unpaired) electrons. The van der Waals surface area contributed by atoms with E-state index >= 15 is 0 Å². The highest BCUT2D eigenvalue weighted by Crippen LogP contribution is 2.28. The van der Waals surface area contributed by atoms with Crippen LogP contribution in [0.4, 0.5) is 0 Å². The van der Waals surface area contributed by atoms with Crippen molar-refractivity contribution in [2.75, 3.05) is 6.54 Å². The van der Waals surface area contributed by atoms with E-state index in [9.17, 15) is 0 Å². The van der Waals surface area contributed by atoms with E-state index < -0.39 is 0 Å². The molecule has 1 aromatic rings. The van der Waals surface area contributed by atoms with Crippen LogP contribution in [0.2, 0.25) is 0 Å². The number of aromatic nitrogens is 2. The van der Waals surface area contributed by atoms with Gasteiger partial charge in [-0.3, -0.25) is 4.90 Å². The van der Waals surface area contributed by atoms with E-state index in [1.807, 2.05) is 0 Å². The van der Waals surface area contributed by atoms with Crippen LogP contribution in [0.1, 0.15) is 64.6 Å². The number of hydrogen-bond donors (Lipinski definition) is 0. The average molecular weight is 265 g/mol. The fraction of sp³-hybridized carbons (Fsp3) is 0.867. The van der Waals surface area contributed by atoms with E-state index in [1.165, 1.54) is 25.7 Å². The fourth-order valence-corrected chi connectivity index (χ4v) is 2.22. The zero-order valence-electron chi connectivity index (χ0n) is 12.6. The van der Waals surface area contributed by atoms with Crippen LogP contribution in [0.3, 0.4) is 0 Å². The highest BCUT2D eigenvalue weighted by Gasteiger charge is 2.29. The summed E-state index contributed by atoms with van der Waals surface area (Å²) in [7, 11) is 0. The Bertz CT molecular complexity index is 371. The maximum absolute atomic E-state index is 5.37. The molecule has 0 unspecified atom stereocenters. The second-order valence-corrected chi connectivity index (χ2v) is 6.09.